The van der Waals surface area contributed by atoms with Crippen LogP contribution in [0.2, 0.25) is 6.04 Å². The quantitative estimate of drug-likeness (QED) is 0.144. The molecule has 5 nitrogen and oxygen atoms in total. The third kappa shape index (κ3) is 10.7. The van der Waals surface area contributed by atoms with E-state index < -0.39 is 14.8 Å². The molecule has 0 unspecified atom stereocenters. The summed E-state index contributed by atoms with van der Waals surface area (Å²) in [6.45, 7) is 7.20. The molecule has 0 saturated carbocycles. The Bertz CT molecular complexity index is 329. The van der Waals surface area contributed by atoms with E-state index in [-0.39, 0.29) is 6.79 Å². The van der Waals surface area contributed by atoms with E-state index >= 15 is 0 Å². The average molecular weight is 347 g/mol. The minimum Gasteiger partial charge on any atom is -0.436 e. The Morgan fingerprint density at radius 1 is 0.957 bits per heavy atom. The SMILES string of the molecule is C=C(C)C(=O)OCO[Si](CCCCCCCCCC)(OC)OC. The van der Waals surface area contributed by atoms with Crippen LogP contribution in [0.3, 0.4) is 0 Å². The zero-order chi connectivity index (χ0) is 17.6. The molecule has 0 aliphatic rings. The van der Waals surface area contributed by atoms with Crippen molar-refractivity contribution in [3.63, 3.8) is 0 Å². The lowest BCUT2D eigenvalue weighted by Crippen LogP contribution is -2.44. The number of hydrogen-bond acceptors (Lipinski definition) is 5. The predicted molar refractivity (Wildman–Crippen MR) is 94.0 cm³/mol. The molecule has 0 bridgehead atoms. The summed E-state index contributed by atoms with van der Waals surface area (Å²) < 4.78 is 21.5. The molecule has 0 N–H and O–H groups in total. The Morgan fingerprint density at radius 3 is 1.96 bits per heavy atom. The second-order valence-corrected chi connectivity index (χ2v) is 8.76. The van der Waals surface area contributed by atoms with Gasteiger partial charge in [-0.05, 0) is 13.3 Å². The number of ether oxygens (including phenoxy) is 1. The van der Waals surface area contributed by atoms with Crippen LogP contribution < -0.4 is 0 Å². The first-order valence-electron chi connectivity index (χ1n) is 8.58. The van der Waals surface area contributed by atoms with Gasteiger partial charge >= 0.3 is 14.8 Å². The Labute approximate surface area is 142 Å². The van der Waals surface area contributed by atoms with E-state index in [9.17, 15) is 4.79 Å². The summed E-state index contributed by atoms with van der Waals surface area (Å²) >= 11 is 0. The van der Waals surface area contributed by atoms with Crippen molar-refractivity contribution >= 4 is 14.8 Å². The minimum atomic E-state index is -2.73. The van der Waals surface area contributed by atoms with Crippen molar-refractivity contribution in [2.75, 3.05) is 21.0 Å². The zero-order valence-electron chi connectivity index (χ0n) is 15.3. The van der Waals surface area contributed by atoms with Crippen LogP contribution in [0.15, 0.2) is 12.2 Å². The summed E-state index contributed by atoms with van der Waals surface area (Å²) in [5.41, 5.74) is 0.346. The average Bonchev–Trinajstić information content (AvgIpc) is 2.55. The van der Waals surface area contributed by atoms with Gasteiger partial charge in [0.15, 0.2) is 6.79 Å². The molecule has 0 spiro atoms. The molecule has 6 heteroatoms. The van der Waals surface area contributed by atoms with Crippen LogP contribution in [-0.4, -0.2) is 35.8 Å². The third-order valence-electron chi connectivity index (χ3n) is 3.78. The van der Waals surface area contributed by atoms with Crippen LogP contribution in [0, 0.1) is 0 Å². The number of unbranched alkanes of at least 4 members (excludes halogenated alkanes) is 7. The predicted octanol–water partition coefficient (Wildman–Crippen LogP) is 4.45. The Hall–Kier alpha value is -0.693. The first kappa shape index (κ1) is 22.3. The van der Waals surface area contributed by atoms with Gasteiger partial charge in [-0.1, -0.05) is 58.4 Å². The van der Waals surface area contributed by atoms with E-state index in [0.29, 0.717) is 5.57 Å². The molecule has 0 atom stereocenters. The van der Waals surface area contributed by atoms with Gasteiger partial charge < -0.3 is 18.0 Å². The fraction of sp³-hybridized carbons (Fsp3) is 0.824. The van der Waals surface area contributed by atoms with Gasteiger partial charge in [0.25, 0.3) is 0 Å². The maximum Gasteiger partial charge on any atom is 0.502 e. The van der Waals surface area contributed by atoms with Gasteiger partial charge in [0, 0.05) is 25.8 Å². The molecular formula is C17H34O5Si. The minimum absolute atomic E-state index is 0.156. The number of carbonyl (C=O) groups is 1. The molecule has 0 saturated heterocycles. The van der Waals surface area contributed by atoms with Crippen molar-refractivity contribution in [1.29, 1.82) is 0 Å². The van der Waals surface area contributed by atoms with Gasteiger partial charge in [0.05, 0.1) is 0 Å². The monoisotopic (exact) mass is 346 g/mol. The van der Waals surface area contributed by atoms with Crippen LogP contribution in [0.5, 0.6) is 0 Å². The lowest BCUT2D eigenvalue weighted by Gasteiger charge is -2.26. The molecule has 23 heavy (non-hydrogen) atoms. The molecule has 136 valence electrons. The Kier molecular flexibility index (Phi) is 13.3. The highest BCUT2D eigenvalue weighted by atomic mass is 28.4. The van der Waals surface area contributed by atoms with E-state index in [0.717, 1.165) is 18.9 Å². The molecule has 0 amide bonds. The van der Waals surface area contributed by atoms with Crippen LogP contribution in [-0.2, 0) is 22.8 Å². The first-order valence-corrected chi connectivity index (χ1v) is 10.5. The highest BCUT2D eigenvalue weighted by molar-refractivity contribution is 6.60. The molecule has 0 aromatic rings. The van der Waals surface area contributed by atoms with Crippen molar-refractivity contribution in [2.45, 2.75) is 71.3 Å². The molecule has 0 aliphatic carbocycles. The van der Waals surface area contributed by atoms with Gasteiger partial charge in [0.1, 0.15) is 0 Å². The molecule has 0 aromatic carbocycles. The summed E-state index contributed by atoms with van der Waals surface area (Å²) in [5, 5.41) is 0. The maximum absolute atomic E-state index is 11.3. The molecule has 0 aromatic heterocycles. The van der Waals surface area contributed by atoms with Gasteiger partial charge in [-0.3, -0.25) is 0 Å². The van der Waals surface area contributed by atoms with Gasteiger partial charge in [-0.2, -0.15) is 0 Å². The van der Waals surface area contributed by atoms with Crippen molar-refractivity contribution < 1.29 is 22.8 Å². The normalized spacial score (nSPS) is 11.5. The second kappa shape index (κ2) is 13.7. The third-order valence-corrected chi connectivity index (χ3v) is 6.54. The van der Waals surface area contributed by atoms with E-state index in [2.05, 4.69) is 13.5 Å². The molecule has 0 rings (SSSR count). The Balaban J connectivity index is 3.94. The van der Waals surface area contributed by atoms with E-state index in [1.54, 1.807) is 21.1 Å². The van der Waals surface area contributed by atoms with Crippen molar-refractivity contribution in [1.82, 2.24) is 0 Å². The van der Waals surface area contributed by atoms with Crippen molar-refractivity contribution in [2.24, 2.45) is 0 Å². The number of hydrogen-bond donors (Lipinski definition) is 0. The molecule has 0 fully saturated rings. The van der Waals surface area contributed by atoms with E-state index in [1.165, 1.54) is 38.5 Å². The summed E-state index contributed by atoms with van der Waals surface area (Å²) in [5.74, 6) is -0.466. The molecule has 0 radical (unpaired) electrons. The Morgan fingerprint density at radius 2 is 1.48 bits per heavy atom. The lowest BCUT2D eigenvalue weighted by atomic mass is 10.1. The summed E-state index contributed by atoms with van der Waals surface area (Å²) in [6, 6.07) is 0.736. The topological polar surface area (TPSA) is 54.0 Å². The highest BCUT2D eigenvalue weighted by Gasteiger charge is 2.38. The summed E-state index contributed by atoms with van der Waals surface area (Å²) in [4.78, 5) is 11.3. The summed E-state index contributed by atoms with van der Waals surface area (Å²) in [7, 11) is 0.436. The van der Waals surface area contributed by atoms with Crippen LogP contribution in [0.1, 0.15) is 65.2 Å². The molecule has 0 heterocycles. The first-order chi connectivity index (χ1) is 11.0. The number of carbonyl (C=O) groups excluding carboxylic acids is 1. The van der Waals surface area contributed by atoms with Crippen molar-refractivity contribution in [3.8, 4) is 0 Å². The molecular weight excluding hydrogens is 312 g/mol. The fourth-order valence-corrected chi connectivity index (χ4v) is 4.13. The van der Waals surface area contributed by atoms with Crippen LogP contribution in [0.4, 0.5) is 0 Å². The lowest BCUT2D eigenvalue weighted by molar-refractivity contribution is -0.147. The maximum atomic E-state index is 11.3. The van der Waals surface area contributed by atoms with Crippen molar-refractivity contribution in [3.05, 3.63) is 12.2 Å². The van der Waals surface area contributed by atoms with Gasteiger partial charge in [-0.25, -0.2) is 4.79 Å². The smallest absolute Gasteiger partial charge is 0.436 e. The van der Waals surface area contributed by atoms with E-state index in [1.807, 2.05) is 0 Å². The zero-order valence-corrected chi connectivity index (χ0v) is 16.3. The molecule has 0 aliphatic heterocycles. The number of esters is 1. The standard InChI is InChI=1S/C17H34O5Si/c1-6-7-8-9-10-11-12-13-14-23(19-4,20-5)22-15-21-17(18)16(2)3/h2,6-15H2,1,3-5H3. The largest absolute Gasteiger partial charge is 0.502 e. The van der Waals surface area contributed by atoms with Crippen LogP contribution >= 0.6 is 0 Å². The van der Waals surface area contributed by atoms with Gasteiger partial charge in [-0.15, -0.1) is 0 Å². The summed E-state index contributed by atoms with van der Waals surface area (Å²) in [6.07, 6.45) is 9.92. The highest BCUT2D eigenvalue weighted by Crippen LogP contribution is 2.19. The number of rotatable bonds is 15. The van der Waals surface area contributed by atoms with Crippen LogP contribution in [0.25, 0.3) is 0 Å². The second-order valence-electron chi connectivity index (χ2n) is 5.79. The van der Waals surface area contributed by atoms with E-state index in [4.69, 9.17) is 18.0 Å². The van der Waals surface area contributed by atoms with Gasteiger partial charge in [0.2, 0.25) is 0 Å². The fourth-order valence-electron chi connectivity index (χ4n) is 2.25.